The van der Waals surface area contributed by atoms with Crippen LogP contribution in [-0.2, 0) is 7.05 Å². The molecule has 1 amide bonds. The molecule has 1 atom stereocenters. The van der Waals surface area contributed by atoms with Gasteiger partial charge in [-0.15, -0.1) is 0 Å². The monoisotopic (exact) mass is 331 g/mol. The van der Waals surface area contributed by atoms with Crippen molar-refractivity contribution in [1.82, 2.24) is 14.7 Å². The topological polar surface area (TPSA) is 47.4 Å². The van der Waals surface area contributed by atoms with E-state index in [2.05, 4.69) is 5.10 Å². The first-order chi connectivity index (χ1) is 11.2. The largest absolute Gasteiger partial charge is 0.493 e. The van der Waals surface area contributed by atoms with Crippen molar-refractivity contribution in [1.29, 1.82) is 0 Å². The van der Waals surface area contributed by atoms with E-state index in [1.165, 1.54) is 0 Å². The maximum atomic E-state index is 13.1. The Morgan fingerprint density at radius 2 is 2.26 bits per heavy atom. The molecule has 3 rings (SSSR count). The Hall–Kier alpha value is -1.95. The number of para-hydroxylation sites is 1. The summed E-state index contributed by atoms with van der Waals surface area (Å²) < 4.78 is 7.41. The number of aryl methyl sites for hydroxylation is 1. The average molecular weight is 331 g/mol. The number of ether oxygens (including phenoxy) is 1. The third kappa shape index (κ3) is 3.37. The standard InChI is InChI=1S/C17H21N3O2S/c1-3-22-16-7-5-4-6-14(16)17(21)20-8-9-23-12-15(20)13-10-18-19(2)11-13/h4-7,10-11,15H,3,8-9,12H2,1-2H3. The van der Waals surface area contributed by atoms with Gasteiger partial charge in [0.2, 0.25) is 0 Å². The molecule has 1 unspecified atom stereocenters. The predicted octanol–water partition coefficient (Wildman–Crippen LogP) is 2.75. The highest BCUT2D eigenvalue weighted by Gasteiger charge is 2.31. The van der Waals surface area contributed by atoms with Crippen molar-refractivity contribution in [2.75, 3.05) is 24.7 Å². The van der Waals surface area contributed by atoms with Crippen molar-refractivity contribution in [2.24, 2.45) is 7.05 Å². The Morgan fingerprint density at radius 1 is 1.43 bits per heavy atom. The number of thioether (sulfide) groups is 1. The molecular weight excluding hydrogens is 310 g/mol. The highest BCUT2D eigenvalue weighted by Crippen LogP contribution is 2.32. The molecule has 122 valence electrons. The maximum Gasteiger partial charge on any atom is 0.258 e. The first-order valence-electron chi connectivity index (χ1n) is 7.79. The summed E-state index contributed by atoms with van der Waals surface area (Å²) in [6.45, 7) is 3.22. The average Bonchev–Trinajstić information content (AvgIpc) is 3.01. The predicted molar refractivity (Wildman–Crippen MR) is 91.9 cm³/mol. The van der Waals surface area contributed by atoms with Crippen molar-refractivity contribution in [3.63, 3.8) is 0 Å². The lowest BCUT2D eigenvalue weighted by Crippen LogP contribution is -2.40. The molecule has 0 N–H and O–H groups in total. The lowest BCUT2D eigenvalue weighted by molar-refractivity contribution is 0.0697. The number of aromatic nitrogens is 2. The van der Waals surface area contributed by atoms with Crippen molar-refractivity contribution >= 4 is 17.7 Å². The zero-order valence-electron chi connectivity index (χ0n) is 13.4. The first kappa shape index (κ1) is 15.9. The normalized spacial score (nSPS) is 18.0. The van der Waals surface area contributed by atoms with E-state index in [0.29, 0.717) is 17.9 Å². The van der Waals surface area contributed by atoms with E-state index in [-0.39, 0.29) is 11.9 Å². The quantitative estimate of drug-likeness (QED) is 0.864. The highest BCUT2D eigenvalue weighted by molar-refractivity contribution is 7.99. The summed E-state index contributed by atoms with van der Waals surface area (Å²) in [6.07, 6.45) is 3.84. The van der Waals surface area contributed by atoms with Crippen LogP contribution in [0.3, 0.4) is 0 Å². The van der Waals surface area contributed by atoms with E-state index >= 15 is 0 Å². The molecule has 0 saturated carbocycles. The van der Waals surface area contributed by atoms with Crippen LogP contribution < -0.4 is 4.74 Å². The summed E-state index contributed by atoms with van der Waals surface area (Å²) in [5.74, 6) is 2.54. The van der Waals surface area contributed by atoms with Gasteiger partial charge in [-0.3, -0.25) is 9.48 Å². The number of carbonyl (C=O) groups is 1. The second-order valence-electron chi connectivity index (χ2n) is 5.47. The number of rotatable bonds is 4. The Labute approximate surface area is 140 Å². The van der Waals surface area contributed by atoms with Crippen LogP contribution in [-0.4, -0.2) is 45.2 Å². The second kappa shape index (κ2) is 7.08. The van der Waals surface area contributed by atoms with Gasteiger partial charge in [0.05, 0.1) is 24.4 Å². The molecule has 1 saturated heterocycles. The van der Waals surface area contributed by atoms with Gasteiger partial charge in [-0.1, -0.05) is 12.1 Å². The van der Waals surface area contributed by atoms with Gasteiger partial charge in [-0.2, -0.15) is 16.9 Å². The molecule has 0 spiro atoms. The minimum absolute atomic E-state index is 0.0307. The van der Waals surface area contributed by atoms with Crippen molar-refractivity contribution in [3.05, 3.63) is 47.8 Å². The Bertz CT molecular complexity index is 686. The molecule has 2 heterocycles. The van der Waals surface area contributed by atoms with E-state index in [9.17, 15) is 4.79 Å². The number of benzene rings is 1. The lowest BCUT2D eigenvalue weighted by Gasteiger charge is -2.35. The van der Waals surface area contributed by atoms with Gasteiger partial charge in [-0.25, -0.2) is 0 Å². The Balaban J connectivity index is 1.90. The zero-order chi connectivity index (χ0) is 16.2. The molecule has 23 heavy (non-hydrogen) atoms. The van der Waals surface area contributed by atoms with E-state index in [1.54, 1.807) is 4.68 Å². The minimum atomic E-state index is 0.0307. The van der Waals surface area contributed by atoms with E-state index in [4.69, 9.17) is 4.74 Å². The van der Waals surface area contributed by atoms with Gasteiger partial charge in [0.15, 0.2) is 0 Å². The zero-order valence-corrected chi connectivity index (χ0v) is 14.3. The number of amides is 1. The fourth-order valence-electron chi connectivity index (χ4n) is 2.81. The van der Waals surface area contributed by atoms with Crippen molar-refractivity contribution < 1.29 is 9.53 Å². The van der Waals surface area contributed by atoms with Crippen LogP contribution in [0.25, 0.3) is 0 Å². The first-order valence-corrected chi connectivity index (χ1v) is 8.95. The van der Waals surface area contributed by atoms with Gasteiger partial charge in [0.25, 0.3) is 5.91 Å². The summed E-state index contributed by atoms with van der Waals surface area (Å²) in [5.41, 5.74) is 1.72. The van der Waals surface area contributed by atoms with Gasteiger partial charge in [0, 0.05) is 36.9 Å². The second-order valence-corrected chi connectivity index (χ2v) is 6.62. The highest BCUT2D eigenvalue weighted by atomic mass is 32.2. The van der Waals surface area contributed by atoms with Gasteiger partial charge >= 0.3 is 0 Å². The van der Waals surface area contributed by atoms with Crippen LogP contribution in [0.2, 0.25) is 0 Å². The smallest absolute Gasteiger partial charge is 0.258 e. The summed E-state index contributed by atoms with van der Waals surface area (Å²) in [6, 6.07) is 7.54. The van der Waals surface area contributed by atoms with Crippen molar-refractivity contribution in [2.45, 2.75) is 13.0 Å². The molecule has 0 radical (unpaired) electrons. The molecule has 0 aliphatic carbocycles. The minimum Gasteiger partial charge on any atom is -0.493 e. The number of hydrogen-bond donors (Lipinski definition) is 0. The van der Waals surface area contributed by atoms with Crippen LogP contribution in [0, 0.1) is 0 Å². The molecule has 1 aromatic carbocycles. The number of nitrogens with zero attached hydrogens (tertiary/aromatic N) is 3. The molecule has 1 aliphatic rings. The summed E-state index contributed by atoms with van der Waals surface area (Å²) in [7, 11) is 1.90. The van der Waals surface area contributed by atoms with Crippen LogP contribution in [0.4, 0.5) is 0 Å². The molecule has 1 fully saturated rings. The van der Waals surface area contributed by atoms with E-state index < -0.39 is 0 Å². The third-order valence-electron chi connectivity index (χ3n) is 3.92. The van der Waals surface area contributed by atoms with Gasteiger partial charge < -0.3 is 9.64 Å². The molecule has 0 bridgehead atoms. The number of hydrogen-bond acceptors (Lipinski definition) is 4. The molecule has 5 nitrogen and oxygen atoms in total. The fraction of sp³-hybridized carbons (Fsp3) is 0.412. The summed E-state index contributed by atoms with van der Waals surface area (Å²) in [4.78, 5) is 15.0. The van der Waals surface area contributed by atoms with Crippen LogP contribution in [0.5, 0.6) is 5.75 Å². The van der Waals surface area contributed by atoms with Crippen LogP contribution in [0.15, 0.2) is 36.7 Å². The lowest BCUT2D eigenvalue weighted by atomic mass is 10.1. The van der Waals surface area contributed by atoms with Crippen LogP contribution in [0.1, 0.15) is 28.9 Å². The Morgan fingerprint density at radius 3 is 3.00 bits per heavy atom. The summed E-state index contributed by atoms with van der Waals surface area (Å²) >= 11 is 1.88. The Kier molecular flexibility index (Phi) is 4.91. The van der Waals surface area contributed by atoms with Crippen molar-refractivity contribution in [3.8, 4) is 5.75 Å². The SMILES string of the molecule is CCOc1ccccc1C(=O)N1CCSCC1c1cnn(C)c1. The molecule has 1 aromatic heterocycles. The number of carbonyl (C=O) groups excluding carboxylic acids is 1. The van der Waals surface area contributed by atoms with Gasteiger partial charge in [0.1, 0.15) is 5.75 Å². The van der Waals surface area contributed by atoms with Gasteiger partial charge in [-0.05, 0) is 19.1 Å². The fourth-order valence-corrected chi connectivity index (χ4v) is 3.90. The molecule has 2 aromatic rings. The molecular formula is C17H21N3O2S. The van der Waals surface area contributed by atoms with E-state index in [1.807, 2.05) is 67.3 Å². The van der Waals surface area contributed by atoms with Crippen LogP contribution >= 0.6 is 11.8 Å². The molecule has 6 heteroatoms. The third-order valence-corrected chi connectivity index (χ3v) is 4.94. The maximum absolute atomic E-state index is 13.1. The summed E-state index contributed by atoms with van der Waals surface area (Å²) in [5, 5.41) is 4.25. The van der Waals surface area contributed by atoms with E-state index in [0.717, 1.165) is 23.6 Å². The molecule has 1 aliphatic heterocycles.